The molecule has 1 aliphatic carbocycles. The van der Waals surface area contributed by atoms with Crippen LogP contribution < -0.4 is 0 Å². The SMILES string of the molecule is COCc1c(F)c(F)c(COC(=O)C2CC2(C)C)c(F)c1F. The second kappa shape index (κ2) is 5.87. The van der Waals surface area contributed by atoms with Crippen LogP contribution in [0.15, 0.2) is 0 Å². The number of esters is 1. The Hall–Kier alpha value is -1.63. The molecule has 1 atom stereocenters. The third-order valence-electron chi connectivity index (χ3n) is 3.89. The van der Waals surface area contributed by atoms with E-state index in [9.17, 15) is 22.4 Å². The Kier molecular flexibility index (Phi) is 4.47. The second-order valence-corrected chi connectivity index (χ2v) is 6.00. The maximum Gasteiger partial charge on any atom is 0.309 e. The first-order valence-electron chi connectivity index (χ1n) is 6.70. The minimum absolute atomic E-state index is 0.215. The summed E-state index contributed by atoms with van der Waals surface area (Å²) in [5.41, 5.74) is -2.00. The van der Waals surface area contributed by atoms with Crippen molar-refractivity contribution in [2.45, 2.75) is 33.5 Å². The number of carbonyl (C=O) groups is 1. The van der Waals surface area contributed by atoms with Crippen molar-refractivity contribution < 1.29 is 31.8 Å². The van der Waals surface area contributed by atoms with Crippen molar-refractivity contribution in [2.24, 2.45) is 11.3 Å². The molecule has 2 rings (SSSR count). The summed E-state index contributed by atoms with van der Waals surface area (Å²) < 4.78 is 64.3. The molecule has 0 radical (unpaired) electrons. The molecular formula is C15H16F4O3. The molecule has 1 aromatic carbocycles. The lowest BCUT2D eigenvalue weighted by Crippen LogP contribution is -2.14. The maximum atomic E-state index is 13.8. The van der Waals surface area contributed by atoms with Crippen LogP contribution in [-0.2, 0) is 27.5 Å². The molecule has 0 aromatic heterocycles. The van der Waals surface area contributed by atoms with E-state index in [2.05, 4.69) is 4.74 Å². The van der Waals surface area contributed by atoms with Crippen molar-refractivity contribution in [3.8, 4) is 0 Å². The lowest BCUT2D eigenvalue weighted by atomic mass is 10.1. The molecule has 0 aliphatic heterocycles. The molecular weight excluding hydrogens is 304 g/mol. The Balaban J connectivity index is 2.19. The fourth-order valence-electron chi connectivity index (χ4n) is 2.23. The molecule has 0 N–H and O–H groups in total. The number of halogens is 4. The van der Waals surface area contributed by atoms with Gasteiger partial charge in [-0.15, -0.1) is 0 Å². The quantitative estimate of drug-likeness (QED) is 0.473. The third-order valence-corrected chi connectivity index (χ3v) is 3.89. The minimum atomic E-state index is -1.58. The van der Waals surface area contributed by atoms with E-state index in [1.54, 1.807) is 0 Å². The normalized spacial score (nSPS) is 19.1. The standard InChI is InChI=1S/C15H16F4O3/c1-15(2)4-9(15)14(20)22-6-8-12(18)10(16)7(5-21-3)11(17)13(8)19/h9H,4-6H2,1-3H3. The summed E-state index contributed by atoms with van der Waals surface area (Å²) in [6.45, 7) is 2.23. The number of carbonyl (C=O) groups excluding carboxylic acids is 1. The number of benzene rings is 1. The molecule has 122 valence electrons. The molecule has 1 unspecified atom stereocenters. The highest BCUT2D eigenvalue weighted by Crippen LogP contribution is 2.52. The molecule has 0 amide bonds. The zero-order valence-electron chi connectivity index (χ0n) is 12.4. The van der Waals surface area contributed by atoms with Crippen LogP contribution in [0.4, 0.5) is 17.6 Å². The highest BCUT2D eigenvalue weighted by molar-refractivity contribution is 5.76. The van der Waals surface area contributed by atoms with Crippen LogP contribution in [0.25, 0.3) is 0 Å². The number of hydrogen-bond acceptors (Lipinski definition) is 3. The molecule has 0 spiro atoms. The Morgan fingerprint density at radius 2 is 1.45 bits per heavy atom. The smallest absolute Gasteiger partial charge is 0.309 e. The van der Waals surface area contributed by atoms with Crippen molar-refractivity contribution in [3.63, 3.8) is 0 Å². The van der Waals surface area contributed by atoms with Gasteiger partial charge in [0.1, 0.15) is 6.61 Å². The average Bonchev–Trinajstić information content (AvgIpc) is 3.10. The Bertz CT molecular complexity index is 584. The van der Waals surface area contributed by atoms with Crippen LogP contribution in [0.1, 0.15) is 31.4 Å². The summed E-state index contributed by atoms with van der Waals surface area (Å²) in [4.78, 5) is 11.7. The van der Waals surface area contributed by atoms with Gasteiger partial charge in [-0.25, -0.2) is 17.6 Å². The van der Waals surface area contributed by atoms with Crippen LogP contribution in [0.5, 0.6) is 0 Å². The van der Waals surface area contributed by atoms with Gasteiger partial charge < -0.3 is 9.47 Å². The van der Waals surface area contributed by atoms with E-state index >= 15 is 0 Å². The molecule has 0 saturated heterocycles. The van der Waals surface area contributed by atoms with E-state index in [1.165, 1.54) is 0 Å². The van der Waals surface area contributed by atoms with E-state index in [0.29, 0.717) is 6.42 Å². The summed E-state index contributed by atoms with van der Waals surface area (Å²) in [7, 11) is 1.14. The molecule has 22 heavy (non-hydrogen) atoms. The first-order valence-corrected chi connectivity index (χ1v) is 6.70. The topological polar surface area (TPSA) is 35.5 Å². The van der Waals surface area contributed by atoms with E-state index in [-0.39, 0.29) is 11.3 Å². The number of hydrogen-bond donors (Lipinski definition) is 0. The molecule has 1 saturated carbocycles. The van der Waals surface area contributed by atoms with Crippen LogP contribution in [-0.4, -0.2) is 13.1 Å². The zero-order chi connectivity index (χ0) is 16.7. The van der Waals surface area contributed by atoms with Crippen molar-refractivity contribution >= 4 is 5.97 Å². The first-order chi connectivity index (χ1) is 10.2. The zero-order valence-corrected chi connectivity index (χ0v) is 12.4. The molecule has 1 aromatic rings. The average molecular weight is 320 g/mol. The van der Waals surface area contributed by atoms with E-state index in [0.717, 1.165) is 7.11 Å². The van der Waals surface area contributed by atoms with Gasteiger partial charge in [0.05, 0.1) is 23.7 Å². The summed E-state index contributed by atoms with van der Waals surface area (Å²) in [5, 5.41) is 0. The van der Waals surface area contributed by atoms with Crippen molar-refractivity contribution in [2.75, 3.05) is 7.11 Å². The van der Waals surface area contributed by atoms with Gasteiger partial charge >= 0.3 is 5.97 Å². The highest BCUT2D eigenvalue weighted by Gasteiger charge is 2.51. The van der Waals surface area contributed by atoms with Gasteiger partial charge in [0.2, 0.25) is 0 Å². The van der Waals surface area contributed by atoms with Gasteiger partial charge in [-0.1, -0.05) is 13.8 Å². The van der Waals surface area contributed by atoms with E-state index in [1.807, 2.05) is 13.8 Å². The van der Waals surface area contributed by atoms with Crippen molar-refractivity contribution in [3.05, 3.63) is 34.4 Å². The second-order valence-electron chi connectivity index (χ2n) is 6.00. The van der Waals surface area contributed by atoms with Gasteiger partial charge in [0, 0.05) is 7.11 Å². The predicted molar refractivity (Wildman–Crippen MR) is 68.7 cm³/mol. The van der Waals surface area contributed by atoms with Crippen LogP contribution in [0, 0.1) is 34.6 Å². The lowest BCUT2D eigenvalue weighted by Gasteiger charge is -2.12. The van der Waals surface area contributed by atoms with Gasteiger partial charge in [0.25, 0.3) is 0 Å². The van der Waals surface area contributed by atoms with Gasteiger partial charge in [-0.05, 0) is 11.8 Å². The maximum absolute atomic E-state index is 13.8. The Labute approximate surface area is 125 Å². The molecule has 1 aliphatic rings. The third kappa shape index (κ3) is 2.95. The van der Waals surface area contributed by atoms with Crippen LogP contribution in [0.3, 0.4) is 0 Å². The predicted octanol–water partition coefficient (Wildman–Crippen LogP) is 3.48. The van der Waals surface area contributed by atoms with E-state index in [4.69, 9.17) is 4.74 Å². The highest BCUT2D eigenvalue weighted by atomic mass is 19.2. The summed E-state index contributed by atoms with van der Waals surface area (Å²) in [6, 6.07) is 0. The molecule has 0 heterocycles. The van der Waals surface area contributed by atoms with Crippen LogP contribution >= 0.6 is 0 Å². The number of ether oxygens (including phenoxy) is 2. The van der Waals surface area contributed by atoms with Crippen molar-refractivity contribution in [1.29, 1.82) is 0 Å². The van der Waals surface area contributed by atoms with Crippen LogP contribution in [0.2, 0.25) is 0 Å². The molecule has 3 nitrogen and oxygen atoms in total. The summed E-state index contributed by atoms with van der Waals surface area (Å²) >= 11 is 0. The lowest BCUT2D eigenvalue weighted by molar-refractivity contribution is -0.147. The summed E-state index contributed by atoms with van der Waals surface area (Å²) in [6.07, 6.45) is 0.603. The van der Waals surface area contributed by atoms with Crippen molar-refractivity contribution in [1.82, 2.24) is 0 Å². The monoisotopic (exact) mass is 320 g/mol. The minimum Gasteiger partial charge on any atom is -0.460 e. The summed E-state index contributed by atoms with van der Waals surface area (Å²) in [5.74, 6) is -7.23. The molecule has 7 heteroatoms. The number of rotatable bonds is 5. The molecule has 0 bridgehead atoms. The fraction of sp³-hybridized carbons (Fsp3) is 0.533. The van der Waals surface area contributed by atoms with Gasteiger partial charge in [-0.3, -0.25) is 4.79 Å². The van der Waals surface area contributed by atoms with E-state index < -0.39 is 53.6 Å². The largest absolute Gasteiger partial charge is 0.460 e. The van der Waals surface area contributed by atoms with Gasteiger partial charge in [-0.2, -0.15) is 0 Å². The Morgan fingerprint density at radius 1 is 1.05 bits per heavy atom. The number of methoxy groups -OCH3 is 1. The Morgan fingerprint density at radius 3 is 1.82 bits per heavy atom. The molecule has 1 fully saturated rings. The van der Waals surface area contributed by atoms with Gasteiger partial charge in [0.15, 0.2) is 23.3 Å². The fourth-order valence-corrected chi connectivity index (χ4v) is 2.23. The first kappa shape index (κ1) is 16.7.